The molecule has 9 nitrogen and oxygen atoms in total. The molecule has 2 aliphatic rings. The fraction of sp³-hybridized carbons (Fsp3) is 0.0435. The SMILES string of the molecule is O=Cc1cn(-c2ccc3c(c2)C(=O)OC32c3ccc(O)cc3Oc3cc(O)ccc32)nn1. The summed E-state index contributed by atoms with van der Waals surface area (Å²) >= 11 is 0. The molecule has 3 aromatic carbocycles. The number of phenolic OH excluding ortho intramolecular Hbond substituents is 2. The summed E-state index contributed by atoms with van der Waals surface area (Å²) in [5.74, 6) is 0.0242. The first-order valence-electron chi connectivity index (χ1n) is 9.60. The fourth-order valence-corrected chi connectivity index (χ4v) is 4.29. The van der Waals surface area contributed by atoms with Gasteiger partial charge < -0.3 is 19.7 Å². The number of benzene rings is 3. The van der Waals surface area contributed by atoms with Crippen molar-refractivity contribution in [3.05, 3.63) is 88.7 Å². The maximum absolute atomic E-state index is 13.1. The lowest BCUT2D eigenvalue weighted by molar-refractivity contribution is 0.0224. The maximum Gasteiger partial charge on any atom is 0.340 e. The van der Waals surface area contributed by atoms with Crippen LogP contribution in [-0.4, -0.2) is 37.5 Å². The molecule has 4 aromatic rings. The third kappa shape index (κ3) is 2.33. The molecule has 32 heavy (non-hydrogen) atoms. The van der Waals surface area contributed by atoms with Crippen LogP contribution in [0, 0.1) is 0 Å². The van der Waals surface area contributed by atoms with E-state index in [1.54, 1.807) is 30.3 Å². The Kier molecular flexibility index (Phi) is 3.50. The average Bonchev–Trinajstić information content (AvgIpc) is 3.37. The van der Waals surface area contributed by atoms with Crippen LogP contribution in [0.3, 0.4) is 0 Å². The number of ether oxygens (including phenoxy) is 2. The zero-order valence-electron chi connectivity index (χ0n) is 16.2. The van der Waals surface area contributed by atoms with Gasteiger partial charge in [-0.3, -0.25) is 4.79 Å². The van der Waals surface area contributed by atoms with E-state index in [4.69, 9.17) is 9.47 Å². The van der Waals surface area contributed by atoms with E-state index in [0.717, 1.165) is 0 Å². The van der Waals surface area contributed by atoms with Gasteiger partial charge in [-0.1, -0.05) is 11.3 Å². The topological polar surface area (TPSA) is 124 Å². The highest BCUT2D eigenvalue weighted by atomic mass is 16.6. The van der Waals surface area contributed by atoms with Crippen LogP contribution >= 0.6 is 0 Å². The minimum absolute atomic E-state index is 0.0143. The largest absolute Gasteiger partial charge is 0.508 e. The predicted octanol–water partition coefficient (Wildman–Crippen LogP) is 3.06. The number of rotatable bonds is 2. The Morgan fingerprint density at radius 1 is 0.906 bits per heavy atom. The molecule has 0 bridgehead atoms. The first-order valence-corrected chi connectivity index (χ1v) is 9.60. The lowest BCUT2D eigenvalue weighted by Crippen LogP contribution is -2.32. The molecule has 1 aromatic heterocycles. The van der Waals surface area contributed by atoms with E-state index in [2.05, 4.69) is 10.3 Å². The van der Waals surface area contributed by atoms with Crippen LogP contribution in [-0.2, 0) is 10.3 Å². The highest BCUT2D eigenvalue weighted by Gasteiger charge is 2.53. The summed E-state index contributed by atoms with van der Waals surface area (Å²) in [4.78, 5) is 24.0. The first-order chi connectivity index (χ1) is 15.5. The van der Waals surface area contributed by atoms with E-state index in [1.807, 2.05) is 0 Å². The smallest absolute Gasteiger partial charge is 0.340 e. The van der Waals surface area contributed by atoms with E-state index >= 15 is 0 Å². The lowest BCUT2D eigenvalue weighted by atomic mass is 9.77. The Bertz CT molecular complexity index is 1410. The van der Waals surface area contributed by atoms with E-state index in [0.29, 0.717) is 45.7 Å². The number of phenols is 2. The van der Waals surface area contributed by atoms with Crippen molar-refractivity contribution in [1.29, 1.82) is 0 Å². The van der Waals surface area contributed by atoms with Gasteiger partial charge in [0.2, 0.25) is 0 Å². The van der Waals surface area contributed by atoms with Crippen molar-refractivity contribution < 1.29 is 29.3 Å². The van der Waals surface area contributed by atoms with Crippen molar-refractivity contribution in [2.45, 2.75) is 5.60 Å². The Morgan fingerprint density at radius 3 is 2.19 bits per heavy atom. The molecule has 0 unspecified atom stereocenters. The number of esters is 1. The van der Waals surface area contributed by atoms with Gasteiger partial charge in [-0.15, -0.1) is 5.10 Å². The van der Waals surface area contributed by atoms with Crippen molar-refractivity contribution in [3.8, 4) is 28.7 Å². The minimum Gasteiger partial charge on any atom is -0.508 e. The molecule has 0 saturated carbocycles. The number of nitrogens with zero attached hydrogens (tertiary/aromatic N) is 3. The fourth-order valence-electron chi connectivity index (χ4n) is 4.29. The zero-order chi connectivity index (χ0) is 22.0. The zero-order valence-corrected chi connectivity index (χ0v) is 16.2. The molecule has 2 aliphatic heterocycles. The van der Waals surface area contributed by atoms with Crippen LogP contribution in [0.5, 0.6) is 23.0 Å². The van der Waals surface area contributed by atoms with E-state index in [9.17, 15) is 19.8 Å². The number of aromatic hydroxyl groups is 2. The second-order valence-electron chi connectivity index (χ2n) is 7.47. The number of carbonyl (C=O) groups is 2. The monoisotopic (exact) mass is 427 g/mol. The Hall–Kier alpha value is -4.66. The summed E-state index contributed by atoms with van der Waals surface area (Å²) in [6, 6.07) is 14.2. The van der Waals surface area contributed by atoms with Crippen molar-refractivity contribution in [3.63, 3.8) is 0 Å². The molecule has 3 heterocycles. The van der Waals surface area contributed by atoms with Crippen LogP contribution in [0.4, 0.5) is 0 Å². The van der Waals surface area contributed by atoms with Gasteiger partial charge >= 0.3 is 5.97 Å². The number of carbonyl (C=O) groups excluding carboxylic acids is 2. The van der Waals surface area contributed by atoms with Gasteiger partial charge in [0.25, 0.3) is 0 Å². The molecule has 1 spiro atoms. The number of hydrogen-bond donors (Lipinski definition) is 2. The van der Waals surface area contributed by atoms with Crippen LogP contribution < -0.4 is 4.74 Å². The van der Waals surface area contributed by atoms with Crippen molar-refractivity contribution >= 4 is 12.3 Å². The van der Waals surface area contributed by atoms with E-state index in [-0.39, 0.29) is 17.2 Å². The molecule has 0 radical (unpaired) electrons. The molecular weight excluding hydrogens is 414 g/mol. The molecule has 0 atom stereocenters. The summed E-state index contributed by atoms with van der Waals surface area (Å²) in [6.45, 7) is 0. The molecule has 6 rings (SSSR count). The Labute approximate surface area is 180 Å². The molecule has 0 saturated heterocycles. The maximum atomic E-state index is 13.1. The molecule has 9 heteroatoms. The van der Waals surface area contributed by atoms with Gasteiger partial charge in [0.1, 0.15) is 28.7 Å². The van der Waals surface area contributed by atoms with Crippen molar-refractivity contribution in [2.75, 3.05) is 0 Å². The van der Waals surface area contributed by atoms with Gasteiger partial charge in [-0.25, -0.2) is 9.48 Å². The molecular formula is C23H13N3O6. The average molecular weight is 427 g/mol. The van der Waals surface area contributed by atoms with Crippen LogP contribution in [0.1, 0.15) is 37.5 Å². The predicted molar refractivity (Wildman–Crippen MR) is 108 cm³/mol. The number of aromatic nitrogens is 3. The minimum atomic E-state index is -1.33. The van der Waals surface area contributed by atoms with Crippen LogP contribution in [0.2, 0.25) is 0 Å². The van der Waals surface area contributed by atoms with E-state index in [1.165, 1.54) is 35.1 Å². The molecule has 2 N–H and O–H groups in total. The Morgan fingerprint density at radius 2 is 1.56 bits per heavy atom. The van der Waals surface area contributed by atoms with E-state index < -0.39 is 11.6 Å². The number of aldehydes is 1. The van der Waals surface area contributed by atoms with Gasteiger partial charge in [0.05, 0.1) is 17.4 Å². The van der Waals surface area contributed by atoms with Crippen molar-refractivity contribution in [1.82, 2.24) is 15.0 Å². The molecule has 0 aliphatic carbocycles. The third-order valence-electron chi connectivity index (χ3n) is 5.65. The van der Waals surface area contributed by atoms with Crippen molar-refractivity contribution in [2.24, 2.45) is 0 Å². The van der Waals surface area contributed by atoms with Gasteiger partial charge in [0.15, 0.2) is 11.9 Å². The number of hydrogen-bond acceptors (Lipinski definition) is 8. The quantitative estimate of drug-likeness (QED) is 0.370. The molecule has 0 fully saturated rings. The third-order valence-corrected chi connectivity index (χ3v) is 5.65. The summed E-state index contributed by atoms with van der Waals surface area (Å²) in [7, 11) is 0. The molecule has 156 valence electrons. The highest BCUT2D eigenvalue weighted by Crippen LogP contribution is 2.57. The van der Waals surface area contributed by atoms with Gasteiger partial charge in [-0.2, -0.15) is 0 Å². The standard InChI is InChI=1S/C23H13N3O6/c27-11-12-10-26(25-24-12)13-1-4-17-16(7-13)22(30)32-23(17)18-5-2-14(28)8-20(18)31-21-9-15(29)3-6-19(21)23/h1-11,28-29H. The lowest BCUT2D eigenvalue weighted by Gasteiger charge is -2.36. The number of fused-ring (bicyclic) bond motifs is 6. The summed E-state index contributed by atoms with van der Waals surface area (Å²) in [6.07, 6.45) is 2.04. The van der Waals surface area contributed by atoms with Crippen LogP contribution in [0.15, 0.2) is 60.8 Å². The van der Waals surface area contributed by atoms with Gasteiger partial charge in [0, 0.05) is 28.8 Å². The van der Waals surface area contributed by atoms with Gasteiger partial charge in [-0.05, 0) is 36.4 Å². The first kappa shape index (κ1) is 18.1. The molecule has 0 amide bonds. The normalized spacial score (nSPS) is 14.8. The Balaban J connectivity index is 1.61. The highest BCUT2D eigenvalue weighted by molar-refractivity contribution is 5.97. The summed E-state index contributed by atoms with van der Waals surface area (Å²) in [5, 5.41) is 27.6. The summed E-state index contributed by atoms with van der Waals surface area (Å²) < 4.78 is 13.3. The summed E-state index contributed by atoms with van der Waals surface area (Å²) in [5.41, 5.74) is 1.33. The second kappa shape index (κ2) is 6.17. The second-order valence-corrected chi connectivity index (χ2v) is 7.47. The van der Waals surface area contributed by atoms with Crippen LogP contribution in [0.25, 0.3) is 5.69 Å².